The Hall–Kier alpha value is -1.53. The summed E-state index contributed by atoms with van der Waals surface area (Å²) >= 11 is 4.98. The van der Waals surface area contributed by atoms with Crippen molar-refractivity contribution in [3.8, 4) is 0 Å². The fourth-order valence-electron chi connectivity index (χ4n) is 1.64. The van der Waals surface area contributed by atoms with E-state index in [0.717, 1.165) is 9.37 Å². The van der Waals surface area contributed by atoms with Gasteiger partial charge in [-0.05, 0) is 42.5 Å². The van der Waals surface area contributed by atoms with Crippen LogP contribution in [0.4, 0.5) is 15.8 Å². The largest absolute Gasteiger partial charge is 0.396 e. The number of nitrogen functional groups attached to an aromatic ring is 1. The predicted molar refractivity (Wildman–Crippen MR) is 88.9 cm³/mol. The number of nitrogens with two attached hydrogens (primary N) is 1. The number of amides is 1. The normalized spacial score (nSPS) is 10.4. The molecule has 2 aromatic carbocycles. The number of rotatable bonds is 5. The minimum absolute atomic E-state index is 0.0250. The molecule has 0 aliphatic carbocycles. The Morgan fingerprint density at radius 3 is 2.62 bits per heavy atom. The van der Waals surface area contributed by atoms with Gasteiger partial charge in [-0.2, -0.15) is 0 Å². The lowest BCUT2D eigenvalue weighted by molar-refractivity contribution is -0.115. The van der Waals surface area contributed by atoms with Crippen molar-refractivity contribution in [3.05, 3.63) is 52.8 Å². The second-order valence-corrected chi connectivity index (χ2v) is 6.42. The van der Waals surface area contributed by atoms with Crippen molar-refractivity contribution in [2.24, 2.45) is 0 Å². The summed E-state index contributed by atoms with van der Waals surface area (Å²) in [4.78, 5) is 12.9. The van der Waals surface area contributed by atoms with Gasteiger partial charge in [0.25, 0.3) is 0 Å². The van der Waals surface area contributed by atoms with E-state index in [9.17, 15) is 9.18 Å². The summed E-state index contributed by atoms with van der Waals surface area (Å²) in [5.41, 5.74) is 5.98. The topological polar surface area (TPSA) is 55.1 Å². The molecule has 0 spiro atoms. The molecule has 0 aromatic heterocycles. The SMILES string of the molecule is Nc1cc(NC(=O)CCSc2ccc(Br)cc2)ccc1F. The van der Waals surface area contributed by atoms with Gasteiger partial charge in [0.05, 0.1) is 5.69 Å². The molecular formula is C15H14BrFN2OS. The fraction of sp³-hybridized carbons (Fsp3) is 0.133. The molecule has 0 aliphatic heterocycles. The van der Waals surface area contributed by atoms with Crippen LogP contribution in [0.15, 0.2) is 51.8 Å². The molecule has 3 nitrogen and oxygen atoms in total. The van der Waals surface area contributed by atoms with E-state index in [2.05, 4.69) is 21.2 Å². The Morgan fingerprint density at radius 1 is 1.24 bits per heavy atom. The molecule has 0 atom stereocenters. The Morgan fingerprint density at radius 2 is 1.95 bits per heavy atom. The maximum absolute atomic E-state index is 13.0. The second kappa shape index (κ2) is 7.47. The van der Waals surface area contributed by atoms with E-state index in [1.54, 1.807) is 11.8 Å². The number of halogens is 2. The lowest BCUT2D eigenvalue weighted by Gasteiger charge is -2.06. The number of thioether (sulfide) groups is 1. The molecule has 0 heterocycles. The first-order valence-corrected chi connectivity index (χ1v) is 8.06. The van der Waals surface area contributed by atoms with Gasteiger partial charge in [-0.3, -0.25) is 4.79 Å². The van der Waals surface area contributed by atoms with E-state index in [1.807, 2.05) is 24.3 Å². The van der Waals surface area contributed by atoms with Gasteiger partial charge in [0.15, 0.2) is 0 Å². The smallest absolute Gasteiger partial charge is 0.225 e. The molecule has 2 rings (SSSR count). The number of hydrogen-bond acceptors (Lipinski definition) is 3. The summed E-state index contributed by atoms with van der Waals surface area (Å²) in [5.74, 6) is 0.0638. The maximum Gasteiger partial charge on any atom is 0.225 e. The summed E-state index contributed by atoms with van der Waals surface area (Å²) in [7, 11) is 0. The van der Waals surface area contributed by atoms with Crippen molar-refractivity contribution in [1.29, 1.82) is 0 Å². The van der Waals surface area contributed by atoms with Crippen LogP contribution in [0.5, 0.6) is 0 Å². The van der Waals surface area contributed by atoms with Gasteiger partial charge >= 0.3 is 0 Å². The Kier molecular flexibility index (Phi) is 5.64. The Balaban J connectivity index is 1.79. The third-order valence-electron chi connectivity index (χ3n) is 2.69. The lowest BCUT2D eigenvalue weighted by atomic mass is 10.2. The van der Waals surface area contributed by atoms with Crippen molar-refractivity contribution in [3.63, 3.8) is 0 Å². The molecule has 0 bridgehead atoms. The summed E-state index contributed by atoms with van der Waals surface area (Å²) in [6.07, 6.45) is 0.373. The molecule has 0 saturated heterocycles. The van der Waals surface area contributed by atoms with Crippen LogP contribution < -0.4 is 11.1 Å². The number of carbonyl (C=O) groups excluding carboxylic acids is 1. The quantitative estimate of drug-likeness (QED) is 0.611. The van der Waals surface area contributed by atoms with Crippen molar-refractivity contribution in [2.75, 3.05) is 16.8 Å². The van der Waals surface area contributed by atoms with Crippen LogP contribution in [0, 0.1) is 5.82 Å². The highest BCUT2D eigenvalue weighted by molar-refractivity contribution is 9.10. The number of benzene rings is 2. The van der Waals surface area contributed by atoms with Gasteiger partial charge in [-0.15, -0.1) is 11.8 Å². The molecule has 21 heavy (non-hydrogen) atoms. The molecule has 0 saturated carbocycles. The summed E-state index contributed by atoms with van der Waals surface area (Å²) in [6, 6.07) is 12.1. The standard InChI is InChI=1S/C15H14BrFN2OS/c16-10-1-4-12(5-2-10)21-8-7-15(20)19-11-3-6-13(17)14(18)9-11/h1-6,9H,7-8,18H2,(H,19,20). The number of hydrogen-bond donors (Lipinski definition) is 2. The van der Waals surface area contributed by atoms with Gasteiger partial charge < -0.3 is 11.1 Å². The fourth-order valence-corrected chi connectivity index (χ4v) is 2.75. The van der Waals surface area contributed by atoms with E-state index in [1.165, 1.54) is 18.2 Å². The zero-order valence-electron chi connectivity index (χ0n) is 11.1. The molecule has 110 valence electrons. The average molecular weight is 369 g/mol. The lowest BCUT2D eigenvalue weighted by Crippen LogP contribution is -2.12. The third kappa shape index (κ3) is 5.06. The van der Waals surface area contributed by atoms with Gasteiger partial charge in [-0.1, -0.05) is 15.9 Å². The summed E-state index contributed by atoms with van der Waals surface area (Å²) < 4.78 is 14.0. The van der Waals surface area contributed by atoms with Gasteiger partial charge in [0.1, 0.15) is 5.82 Å². The number of anilines is 2. The highest BCUT2D eigenvalue weighted by atomic mass is 79.9. The van der Waals surface area contributed by atoms with E-state index in [0.29, 0.717) is 17.9 Å². The Bertz CT molecular complexity index is 634. The van der Waals surface area contributed by atoms with E-state index >= 15 is 0 Å². The third-order valence-corrected chi connectivity index (χ3v) is 4.23. The van der Waals surface area contributed by atoms with Crippen LogP contribution in [0.3, 0.4) is 0 Å². The monoisotopic (exact) mass is 368 g/mol. The highest BCUT2D eigenvalue weighted by Crippen LogP contribution is 2.21. The number of carbonyl (C=O) groups is 1. The van der Waals surface area contributed by atoms with Crippen LogP contribution in [0.2, 0.25) is 0 Å². The second-order valence-electron chi connectivity index (χ2n) is 4.34. The van der Waals surface area contributed by atoms with Gasteiger partial charge in [0, 0.05) is 27.2 Å². The van der Waals surface area contributed by atoms with E-state index in [4.69, 9.17) is 5.73 Å². The van der Waals surface area contributed by atoms with E-state index in [-0.39, 0.29) is 11.6 Å². The van der Waals surface area contributed by atoms with Gasteiger partial charge in [0.2, 0.25) is 5.91 Å². The molecule has 6 heteroatoms. The summed E-state index contributed by atoms with van der Waals surface area (Å²) in [5, 5.41) is 2.70. The van der Waals surface area contributed by atoms with Crippen molar-refractivity contribution in [2.45, 2.75) is 11.3 Å². The maximum atomic E-state index is 13.0. The first kappa shape index (κ1) is 15.9. The first-order valence-electron chi connectivity index (χ1n) is 6.28. The van der Waals surface area contributed by atoms with Gasteiger partial charge in [-0.25, -0.2) is 4.39 Å². The molecular weight excluding hydrogens is 355 g/mol. The first-order chi connectivity index (χ1) is 10.0. The van der Waals surface area contributed by atoms with E-state index < -0.39 is 5.82 Å². The molecule has 3 N–H and O–H groups in total. The predicted octanol–water partition coefficient (Wildman–Crippen LogP) is 4.29. The zero-order valence-corrected chi connectivity index (χ0v) is 13.5. The van der Waals surface area contributed by atoms with Crippen LogP contribution in [-0.2, 0) is 4.79 Å². The number of nitrogens with one attached hydrogen (secondary N) is 1. The van der Waals surface area contributed by atoms with Crippen LogP contribution in [0.1, 0.15) is 6.42 Å². The average Bonchev–Trinajstić information content (AvgIpc) is 2.45. The molecule has 0 aliphatic rings. The van der Waals surface area contributed by atoms with Crippen LogP contribution in [0.25, 0.3) is 0 Å². The Labute approximate surface area is 135 Å². The molecule has 1 amide bonds. The summed E-state index contributed by atoms with van der Waals surface area (Å²) in [6.45, 7) is 0. The molecule has 0 unspecified atom stereocenters. The van der Waals surface area contributed by atoms with Crippen molar-refractivity contribution in [1.82, 2.24) is 0 Å². The highest BCUT2D eigenvalue weighted by Gasteiger charge is 2.05. The van der Waals surface area contributed by atoms with Crippen LogP contribution in [-0.4, -0.2) is 11.7 Å². The van der Waals surface area contributed by atoms with Crippen molar-refractivity contribution < 1.29 is 9.18 Å². The molecule has 0 radical (unpaired) electrons. The minimum atomic E-state index is -0.487. The zero-order chi connectivity index (χ0) is 15.2. The molecule has 0 fully saturated rings. The minimum Gasteiger partial charge on any atom is -0.396 e. The van der Waals surface area contributed by atoms with Crippen LogP contribution >= 0.6 is 27.7 Å². The molecule has 2 aromatic rings. The van der Waals surface area contributed by atoms with Crippen molar-refractivity contribution >= 4 is 45.0 Å².